The van der Waals surface area contributed by atoms with Gasteiger partial charge in [-0.05, 0) is 26.3 Å². The standard InChI is InChI=1S/C17H16N2O2S2/c1-9-4-6-12(7-5-9)13-8-22-15-14(13)16(19-11(3)18-15)23-10(2)17(20)21/h4-8,10H,1-3H3,(H,20,21). The normalized spacial score (nSPS) is 12.5. The number of rotatable bonds is 4. The van der Waals surface area contributed by atoms with Crippen LogP contribution in [0.5, 0.6) is 0 Å². The smallest absolute Gasteiger partial charge is 0.316 e. The van der Waals surface area contributed by atoms with E-state index in [2.05, 4.69) is 46.5 Å². The van der Waals surface area contributed by atoms with Gasteiger partial charge in [-0.25, -0.2) is 9.97 Å². The Morgan fingerprint density at radius 3 is 2.57 bits per heavy atom. The molecule has 0 aliphatic carbocycles. The van der Waals surface area contributed by atoms with Crippen molar-refractivity contribution in [1.82, 2.24) is 9.97 Å². The molecule has 0 aliphatic rings. The predicted octanol–water partition coefficient (Wildman–Crippen LogP) is 4.54. The molecule has 1 aromatic carbocycles. The van der Waals surface area contributed by atoms with E-state index in [0.717, 1.165) is 26.4 Å². The number of hydrogen-bond acceptors (Lipinski definition) is 5. The Morgan fingerprint density at radius 1 is 1.22 bits per heavy atom. The van der Waals surface area contributed by atoms with Crippen LogP contribution in [0.1, 0.15) is 18.3 Å². The van der Waals surface area contributed by atoms with Gasteiger partial charge in [0.2, 0.25) is 0 Å². The second kappa shape index (κ2) is 6.29. The quantitative estimate of drug-likeness (QED) is 0.556. The van der Waals surface area contributed by atoms with Crippen molar-refractivity contribution in [2.45, 2.75) is 31.0 Å². The highest BCUT2D eigenvalue weighted by molar-refractivity contribution is 8.00. The molecule has 0 spiro atoms. The summed E-state index contributed by atoms with van der Waals surface area (Å²) in [4.78, 5) is 21.1. The van der Waals surface area contributed by atoms with Crippen molar-refractivity contribution in [1.29, 1.82) is 0 Å². The first-order chi connectivity index (χ1) is 11.0. The van der Waals surface area contributed by atoms with Gasteiger partial charge >= 0.3 is 5.97 Å². The van der Waals surface area contributed by atoms with Crippen molar-refractivity contribution >= 4 is 39.3 Å². The van der Waals surface area contributed by atoms with Crippen LogP contribution in [0.2, 0.25) is 0 Å². The molecule has 2 heterocycles. The lowest BCUT2D eigenvalue weighted by atomic mass is 10.1. The van der Waals surface area contributed by atoms with E-state index in [1.165, 1.54) is 17.3 Å². The predicted molar refractivity (Wildman–Crippen MR) is 95.3 cm³/mol. The van der Waals surface area contributed by atoms with Crippen molar-refractivity contribution in [3.05, 3.63) is 41.0 Å². The SMILES string of the molecule is Cc1ccc(-c2csc3nc(C)nc(SC(C)C(=O)O)c23)cc1. The minimum Gasteiger partial charge on any atom is -0.480 e. The fraction of sp³-hybridized carbons (Fsp3) is 0.235. The van der Waals surface area contributed by atoms with E-state index < -0.39 is 11.2 Å². The third-order valence-corrected chi connectivity index (χ3v) is 5.46. The molecule has 23 heavy (non-hydrogen) atoms. The van der Waals surface area contributed by atoms with Crippen molar-refractivity contribution in [3.63, 3.8) is 0 Å². The van der Waals surface area contributed by atoms with Gasteiger partial charge < -0.3 is 5.11 Å². The molecule has 118 valence electrons. The number of carbonyl (C=O) groups is 1. The van der Waals surface area contributed by atoms with Crippen molar-refractivity contribution in [3.8, 4) is 11.1 Å². The Kier molecular flexibility index (Phi) is 4.37. The molecule has 1 unspecified atom stereocenters. The summed E-state index contributed by atoms with van der Waals surface area (Å²) in [6.07, 6.45) is 0. The molecule has 4 nitrogen and oxygen atoms in total. The third kappa shape index (κ3) is 3.23. The summed E-state index contributed by atoms with van der Waals surface area (Å²) in [5, 5.41) is 12.4. The molecule has 0 bridgehead atoms. The topological polar surface area (TPSA) is 63.1 Å². The Balaban J connectivity index is 2.16. The monoisotopic (exact) mass is 344 g/mol. The van der Waals surface area contributed by atoms with E-state index in [4.69, 9.17) is 0 Å². The fourth-order valence-electron chi connectivity index (χ4n) is 2.26. The Morgan fingerprint density at radius 2 is 1.91 bits per heavy atom. The van der Waals surface area contributed by atoms with E-state index in [1.807, 2.05) is 6.92 Å². The van der Waals surface area contributed by atoms with Crippen LogP contribution < -0.4 is 0 Å². The number of hydrogen-bond donors (Lipinski definition) is 1. The first kappa shape index (κ1) is 16.0. The second-order valence-corrected chi connectivity index (χ2v) is 7.56. The summed E-state index contributed by atoms with van der Waals surface area (Å²) in [6, 6.07) is 8.29. The van der Waals surface area contributed by atoms with Crippen LogP contribution in [0.15, 0.2) is 34.7 Å². The van der Waals surface area contributed by atoms with E-state index in [1.54, 1.807) is 18.3 Å². The number of nitrogens with zero attached hydrogens (tertiary/aromatic N) is 2. The Hall–Kier alpha value is -1.92. The average Bonchev–Trinajstić information content (AvgIpc) is 2.91. The number of thiophene rings is 1. The van der Waals surface area contributed by atoms with E-state index in [-0.39, 0.29) is 0 Å². The van der Waals surface area contributed by atoms with E-state index >= 15 is 0 Å². The lowest BCUT2D eigenvalue weighted by molar-refractivity contribution is -0.136. The summed E-state index contributed by atoms with van der Waals surface area (Å²) in [7, 11) is 0. The van der Waals surface area contributed by atoms with Gasteiger partial charge in [0, 0.05) is 10.9 Å². The zero-order chi connectivity index (χ0) is 16.6. The Labute approximate surface area is 142 Å². The molecule has 0 saturated heterocycles. The number of fused-ring (bicyclic) bond motifs is 1. The van der Waals surface area contributed by atoms with Gasteiger partial charge in [-0.2, -0.15) is 0 Å². The number of aliphatic carboxylic acids is 1. The van der Waals surface area contributed by atoms with Gasteiger partial charge in [-0.3, -0.25) is 4.79 Å². The molecule has 3 aromatic rings. The minimum absolute atomic E-state index is 0.557. The van der Waals surface area contributed by atoms with Crippen LogP contribution in [-0.4, -0.2) is 26.3 Å². The number of benzene rings is 1. The molecule has 0 aliphatic heterocycles. The summed E-state index contributed by atoms with van der Waals surface area (Å²) in [5.74, 6) is -0.179. The van der Waals surface area contributed by atoms with Gasteiger partial charge in [0.15, 0.2) is 0 Å². The molecule has 0 saturated carbocycles. The average molecular weight is 344 g/mol. The van der Waals surface area contributed by atoms with Gasteiger partial charge in [0.1, 0.15) is 20.9 Å². The highest BCUT2D eigenvalue weighted by Crippen LogP contribution is 2.39. The van der Waals surface area contributed by atoms with E-state index in [9.17, 15) is 9.90 Å². The van der Waals surface area contributed by atoms with Gasteiger partial charge in [-0.15, -0.1) is 11.3 Å². The van der Waals surface area contributed by atoms with Gasteiger partial charge in [0.05, 0.1) is 5.39 Å². The molecule has 1 N–H and O–H groups in total. The molecule has 3 rings (SSSR count). The lowest BCUT2D eigenvalue weighted by Crippen LogP contribution is -2.11. The molecule has 6 heteroatoms. The molecule has 0 fully saturated rings. The first-order valence-electron chi connectivity index (χ1n) is 7.18. The molecular weight excluding hydrogens is 328 g/mol. The number of carboxylic acids is 1. The highest BCUT2D eigenvalue weighted by Gasteiger charge is 2.19. The largest absolute Gasteiger partial charge is 0.480 e. The maximum atomic E-state index is 11.2. The first-order valence-corrected chi connectivity index (χ1v) is 8.94. The van der Waals surface area contributed by atoms with Crippen LogP contribution in [0, 0.1) is 13.8 Å². The number of aromatic nitrogens is 2. The molecule has 0 radical (unpaired) electrons. The van der Waals surface area contributed by atoms with E-state index in [0.29, 0.717) is 5.82 Å². The van der Waals surface area contributed by atoms with Crippen LogP contribution in [0.3, 0.4) is 0 Å². The Bertz CT molecular complexity index is 872. The number of thioether (sulfide) groups is 1. The van der Waals surface area contributed by atoms with Crippen LogP contribution in [0.25, 0.3) is 21.3 Å². The molecular formula is C17H16N2O2S2. The van der Waals surface area contributed by atoms with Crippen molar-refractivity contribution in [2.24, 2.45) is 0 Å². The summed E-state index contributed by atoms with van der Waals surface area (Å²) in [6.45, 7) is 5.56. The second-order valence-electron chi connectivity index (χ2n) is 5.37. The van der Waals surface area contributed by atoms with Crippen LogP contribution in [-0.2, 0) is 4.79 Å². The number of carboxylic acid groups (broad SMARTS) is 1. The summed E-state index contributed by atoms with van der Waals surface area (Å²) >= 11 is 2.83. The minimum atomic E-state index is -0.841. The zero-order valence-electron chi connectivity index (χ0n) is 13.0. The lowest BCUT2D eigenvalue weighted by Gasteiger charge is -2.09. The summed E-state index contributed by atoms with van der Waals surface area (Å²) in [5.41, 5.74) is 3.36. The third-order valence-electron chi connectivity index (χ3n) is 3.51. The van der Waals surface area contributed by atoms with Crippen molar-refractivity contribution in [2.75, 3.05) is 0 Å². The highest BCUT2D eigenvalue weighted by atomic mass is 32.2. The van der Waals surface area contributed by atoms with Crippen LogP contribution in [0.4, 0.5) is 0 Å². The maximum absolute atomic E-state index is 11.2. The molecule has 0 amide bonds. The maximum Gasteiger partial charge on any atom is 0.316 e. The van der Waals surface area contributed by atoms with Crippen molar-refractivity contribution < 1.29 is 9.90 Å². The van der Waals surface area contributed by atoms with Gasteiger partial charge in [-0.1, -0.05) is 41.6 Å². The zero-order valence-corrected chi connectivity index (χ0v) is 14.7. The molecule has 2 aromatic heterocycles. The number of aryl methyl sites for hydroxylation is 2. The van der Waals surface area contributed by atoms with Gasteiger partial charge in [0.25, 0.3) is 0 Å². The fourth-order valence-corrected chi connectivity index (χ4v) is 4.26. The molecule has 1 atom stereocenters. The summed E-state index contributed by atoms with van der Waals surface area (Å²) < 4.78 is 0. The van der Waals surface area contributed by atoms with Crippen LogP contribution >= 0.6 is 23.1 Å².